The zero-order valence-corrected chi connectivity index (χ0v) is 31.8. The Balaban J connectivity index is 1.52. The lowest BCUT2D eigenvalue weighted by molar-refractivity contribution is -0.0624. The molecule has 2 heterocycles. The van der Waals surface area contributed by atoms with E-state index in [0.29, 0.717) is 25.3 Å². The van der Waals surface area contributed by atoms with Gasteiger partial charge in [0.05, 0.1) is 36.9 Å². The van der Waals surface area contributed by atoms with Crippen LogP contribution in [0.4, 0.5) is 22.8 Å². The van der Waals surface area contributed by atoms with Gasteiger partial charge in [0.25, 0.3) is 0 Å². The molecule has 1 aliphatic heterocycles. The predicted molar refractivity (Wildman–Crippen MR) is 200 cm³/mol. The second-order valence-electron chi connectivity index (χ2n) is 15.1. The lowest BCUT2D eigenvalue weighted by Crippen LogP contribution is -2.56. The molecule has 5 atom stereocenters. The topological polar surface area (TPSA) is 102 Å². The highest BCUT2D eigenvalue weighted by Crippen LogP contribution is 2.40. The number of hydrogen-bond donors (Lipinski definition) is 1. The summed E-state index contributed by atoms with van der Waals surface area (Å²) in [4.78, 5) is 35.6. The Morgan fingerprint density at radius 1 is 0.981 bits per heavy atom. The third-order valence-electron chi connectivity index (χ3n) is 9.48. The van der Waals surface area contributed by atoms with Crippen molar-refractivity contribution < 1.29 is 32.2 Å². The van der Waals surface area contributed by atoms with E-state index in [2.05, 4.69) is 5.32 Å². The molecule has 1 fully saturated rings. The number of halogens is 3. The Kier molecular flexibility index (Phi) is 13.4. The Morgan fingerprint density at radius 3 is 2.22 bits per heavy atom. The molecule has 1 saturated heterocycles. The molecular formula is C41H51F3N6O4. The standard InChI is InChI=1S/C41H51F3N6O4/c1-7-31(35(44)21-45-39(51)53-26-30-16-12-9-13-17-30)25-49(40(52)48-22-27(2)54-28(3)23-48)36(41(4,5)6)38-46-37(33-20-32(42)18-19-34(33)43)47-50(38)24-29-14-10-8-11-15-29/h8-20,27-28,31,35-36H,7,21-26H2,1-6H3,(H,45,51)/t27-,28+,31-,35-,36-/m0/s1. The SMILES string of the molecule is CC[C@@H](CN(C(=O)N1C[C@@H](C)O[C@@H](C)C1)[C@@H](c1nc(-c2cc(F)ccc2F)nn1Cc1ccccc1)C(C)(C)C)[C@@H](F)CNC(=O)OCc1ccccc1. The van der Waals surface area contributed by atoms with Crippen LogP contribution in [0.25, 0.3) is 11.4 Å². The fraction of sp³-hybridized carbons (Fsp3) is 0.463. The Morgan fingerprint density at radius 2 is 1.61 bits per heavy atom. The molecule has 1 aliphatic rings. The maximum absolute atomic E-state index is 16.3. The highest BCUT2D eigenvalue weighted by molar-refractivity contribution is 5.75. The summed E-state index contributed by atoms with van der Waals surface area (Å²) in [7, 11) is 0. The van der Waals surface area contributed by atoms with E-state index in [1.165, 1.54) is 0 Å². The summed E-state index contributed by atoms with van der Waals surface area (Å²) in [6, 6.07) is 20.6. The Labute approximate surface area is 315 Å². The number of carbonyl (C=O) groups excluding carboxylic acids is 2. The van der Waals surface area contributed by atoms with E-state index in [-0.39, 0.29) is 55.9 Å². The first kappa shape index (κ1) is 40.3. The monoisotopic (exact) mass is 748 g/mol. The number of carbonyl (C=O) groups is 2. The Bertz CT molecular complexity index is 1830. The van der Waals surface area contributed by atoms with Crippen LogP contribution in [0, 0.1) is 23.0 Å². The first-order chi connectivity index (χ1) is 25.7. The third kappa shape index (κ3) is 10.4. The molecule has 54 heavy (non-hydrogen) atoms. The van der Waals surface area contributed by atoms with Gasteiger partial charge in [-0.15, -0.1) is 0 Å². The number of nitrogens with one attached hydrogen (secondary N) is 1. The number of benzene rings is 3. The summed E-state index contributed by atoms with van der Waals surface area (Å²) in [6.07, 6.45) is -2.43. The van der Waals surface area contributed by atoms with Crippen molar-refractivity contribution >= 4 is 12.1 Å². The van der Waals surface area contributed by atoms with Gasteiger partial charge >= 0.3 is 12.1 Å². The first-order valence-corrected chi connectivity index (χ1v) is 18.5. The van der Waals surface area contributed by atoms with Crippen molar-refractivity contribution in [2.75, 3.05) is 26.2 Å². The van der Waals surface area contributed by atoms with E-state index in [4.69, 9.17) is 19.6 Å². The summed E-state index contributed by atoms with van der Waals surface area (Å²) in [5.74, 6) is -1.76. The summed E-state index contributed by atoms with van der Waals surface area (Å²) in [5, 5.41) is 7.25. The molecule has 0 saturated carbocycles. The summed E-state index contributed by atoms with van der Waals surface area (Å²) in [6.45, 7) is 12.0. The van der Waals surface area contributed by atoms with Crippen molar-refractivity contribution in [1.29, 1.82) is 0 Å². The minimum Gasteiger partial charge on any atom is -0.445 e. The lowest BCUT2D eigenvalue weighted by Gasteiger charge is -2.45. The fourth-order valence-electron chi connectivity index (χ4n) is 6.89. The maximum Gasteiger partial charge on any atom is 0.407 e. The van der Waals surface area contributed by atoms with Crippen molar-refractivity contribution in [2.45, 2.75) is 85.5 Å². The van der Waals surface area contributed by atoms with E-state index < -0.39 is 41.3 Å². The molecule has 0 radical (unpaired) electrons. The molecule has 1 aromatic heterocycles. The minimum atomic E-state index is -1.54. The van der Waals surface area contributed by atoms with Gasteiger partial charge in [-0.25, -0.2) is 32.4 Å². The molecule has 1 N–H and O–H groups in total. The van der Waals surface area contributed by atoms with E-state index in [1.807, 2.05) is 102 Å². The van der Waals surface area contributed by atoms with Crippen molar-refractivity contribution in [3.05, 3.63) is 107 Å². The molecule has 3 aromatic carbocycles. The van der Waals surface area contributed by atoms with Crippen molar-refractivity contribution in [3.63, 3.8) is 0 Å². The average molecular weight is 749 g/mol. The number of alkyl carbamates (subject to hydrolysis) is 1. The van der Waals surface area contributed by atoms with Gasteiger partial charge in [-0.3, -0.25) is 0 Å². The van der Waals surface area contributed by atoms with Gasteiger partial charge in [0, 0.05) is 25.6 Å². The molecule has 290 valence electrons. The molecule has 10 nitrogen and oxygen atoms in total. The largest absolute Gasteiger partial charge is 0.445 e. The number of alkyl halides is 1. The van der Waals surface area contributed by atoms with Crippen LogP contribution in [0.3, 0.4) is 0 Å². The maximum atomic E-state index is 16.3. The van der Waals surface area contributed by atoms with Gasteiger partial charge in [0.1, 0.15) is 24.4 Å². The van der Waals surface area contributed by atoms with Gasteiger partial charge in [-0.1, -0.05) is 88.4 Å². The van der Waals surface area contributed by atoms with E-state index >= 15 is 8.78 Å². The number of urea groups is 1. The van der Waals surface area contributed by atoms with Crippen LogP contribution in [0.2, 0.25) is 0 Å². The van der Waals surface area contributed by atoms with Gasteiger partial charge in [0.2, 0.25) is 0 Å². The van der Waals surface area contributed by atoms with E-state index in [1.54, 1.807) is 14.5 Å². The number of amides is 3. The van der Waals surface area contributed by atoms with Crippen molar-refractivity contribution in [1.82, 2.24) is 29.9 Å². The molecule has 0 aliphatic carbocycles. The fourth-order valence-corrected chi connectivity index (χ4v) is 6.89. The lowest BCUT2D eigenvalue weighted by atomic mass is 9.84. The van der Waals surface area contributed by atoms with Crippen LogP contribution in [-0.2, 0) is 22.6 Å². The van der Waals surface area contributed by atoms with Crippen molar-refractivity contribution in [2.24, 2.45) is 11.3 Å². The molecule has 5 rings (SSSR count). The number of morpholine rings is 1. The van der Waals surface area contributed by atoms with Gasteiger partial charge in [0.15, 0.2) is 11.6 Å². The number of rotatable bonds is 13. The normalized spacial score (nSPS) is 17.8. The molecule has 4 aromatic rings. The molecule has 0 spiro atoms. The number of aromatic nitrogens is 3. The number of ether oxygens (including phenoxy) is 2. The first-order valence-electron chi connectivity index (χ1n) is 18.5. The predicted octanol–water partition coefficient (Wildman–Crippen LogP) is 8.18. The molecule has 0 unspecified atom stereocenters. The van der Waals surface area contributed by atoms with Gasteiger partial charge in [-0.05, 0) is 55.0 Å². The van der Waals surface area contributed by atoms with Crippen LogP contribution < -0.4 is 5.32 Å². The quantitative estimate of drug-likeness (QED) is 0.148. The zero-order chi connectivity index (χ0) is 39.0. The Hall–Kier alpha value is -4.91. The molecule has 13 heteroatoms. The summed E-state index contributed by atoms with van der Waals surface area (Å²) in [5.41, 5.74) is 0.831. The van der Waals surface area contributed by atoms with Crippen LogP contribution in [0.5, 0.6) is 0 Å². The number of hydrogen-bond acceptors (Lipinski definition) is 6. The summed E-state index contributed by atoms with van der Waals surface area (Å²) < 4.78 is 58.8. The van der Waals surface area contributed by atoms with Crippen LogP contribution in [0.1, 0.15) is 71.0 Å². The third-order valence-corrected chi connectivity index (χ3v) is 9.48. The smallest absolute Gasteiger partial charge is 0.407 e. The van der Waals surface area contributed by atoms with Gasteiger partial charge in [-0.2, -0.15) is 5.10 Å². The van der Waals surface area contributed by atoms with E-state index in [9.17, 15) is 14.0 Å². The van der Waals surface area contributed by atoms with Crippen LogP contribution >= 0.6 is 0 Å². The zero-order valence-electron chi connectivity index (χ0n) is 31.8. The minimum absolute atomic E-state index is 0.0396. The highest BCUT2D eigenvalue weighted by atomic mass is 19.1. The van der Waals surface area contributed by atoms with Gasteiger partial charge < -0.3 is 24.6 Å². The molecule has 0 bridgehead atoms. The average Bonchev–Trinajstić information content (AvgIpc) is 3.54. The second kappa shape index (κ2) is 17.9. The highest BCUT2D eigenvalue weighted by Gasteiger charge is 2.43. The second-order valence-corrected chi connectivity index (χ2v) is 15.1. The van der Waals surface area contributed by atoms with Crippen LogP contribution in [-0.4, -0.2) is 81.2 Å². The number of nitrogens with zero attached hydrogens (tertiary/aromatic N) is 5. The van der Waals surface area contributed by atoms with Crippen molar-refractivity contribution in [3.8, 4) is 11.4 Å². The molecular weight excluding hydrogens is 697 g/mol. The molecule has 3 amide bonds. The van der Waals surface area contributed by atoms with Crippen LogP contribution in [0.15, 0.2) is 78.9 Å². The summed E-state index contributed by atoms with van der Waals surface area (Å²) >= 11 is 0. The van der Waals surface area contributed by atoms with E-state index in [0.717, 1.165) is 29.3 Å².